The van der Waals surface area contributed by atoms with Crippen molar-refractivity contribution in [1.82, 2.24) is 19.7 Å². The van der Waals surface area contributed by atoms with Crippen molar-refractivity contribution in [2.75, 3.05) is 43.5 Å². The van der Waals surface area contributed by atoms with Crippen LogP contribution in [0.25, 0.3) is 16.6 Å². The average Bonchev–Trinajstić information content (AvgIpc) is 3.11. The Morgan fingerprint density at radius 3 is 2.90 bits per heavy atom. The highest BCUT2D eigenvalue weighted by Crippen LogP contribution is 2.36. The number of nitrogens with zero attached hydrogens (tertiary/aromatic N) is 4. The number of para-hydroxylation sites is 1. The fourth-order valence-electron chi connectivity index (χ4n) is 4.17. The van der Waals surface area contributed by atoms with Gasteiger partial charge in [-0.25, -0.2) is 9.97 Å². The molecule has 2 N–H and O–H groups in total. The number of imidazole rings is 1. The number of hydrogen-bond donors (Lipinski definition) is 2. The predicted octanol–water partition coefficient (Wildman–Crippen LogP) is 4.40. The summed E-state index contributed by atoms with van der Waals surface area (Å²) < 4.78 is 7.83. The van der Waals surface area contributed by atoms with Crippen molar-refractivity contribution in [2.45, 2.75) is 13.3 Å². The number of methoxy groups -OCH3 is 1. The van der Waals surface area contributed by atoms with Crippen LogP contribution in [0, 0.1) is 6.92 Å². The molecule has 3 heterocycles. The third-order valence-electron chi connectivity index (χ3n) is 5.80. The molecule has 0 saturated carbocycles. The lowest BCUT2D eigenvalue weighted by atomic mass is 10.2. The van der Waals surface area contributed by atoms with Crippen LogP contribution in [0.2, 0.25) is 5.02 Å². The summed E-state index contributed by atoms with van der Waals surface area (Å²) in [4.78, 5) is 11.7. The first kappa shape index (κ1) is 19.9. The summed E-state index contributed by atoms with van der Waals surface area (Å²) in [5, 5.41) is 7.53. The van der Waals surface area contributed by atoms with Gasteiger partial charge >= 0.3 is 0 Å². The van der Waals surface area contributed by atoms with Gasteiger partial charge in [0.1, 0.15) is 11.3 Å². The number of aromatic nitrogens is 3. The molecule has 0 aliphatic carbocycles. The van der Waals surface area contributed by atoms with E-state index < -0.39 is 0 Å². The summed E-state index contributed by atoms with van der Waals surface area (Å²) >= 11 is 6.45. The van der Waals surface area contributed by atoms with E-state index in [-0.39, 0.29) is 0 Å². The standard InChI is InChI=1S/C23H25ClN6O/c1-15-5-3-6-16(24)22(15)28-23-20-13-26-14-30(20)18-12-19(21(31-2)11-17(18)27-23)29-9-4-7-25-8-10-29/h3,5-6,11-14,25H,4,7-10H2,1-2H3,(H,27,28). The zero-order valence-electron chi connectivity index (χ0n) is 17.7. The van der Waals surface area contributed by atoms with Gasteiger partial charge in [0.25, 0.3) is 0 Å². The zero-order valence-corrected chi connectivity index (χ0v) is 18.4. The Labute approximate surface area is 186 Å². The van der Waals surface area contributed by atoms with Crippen LogP contribution >= 0.6 is 11.6 Å². The molecule has 5 rings (SSSR count). The summed E-state index contributed by atoms with van der Waals surface area (Å²) in [6.45, 7) is 5.94. The molecule has 0 spiro atoms. The molecule has 0 unspecified atom stereocenters. The first-order chi connectivity index (χ1) is 15.2. The topological polar surface area (TPSA) is 66.7 Å². The second-order valence-corrected chi connectivity index (χ2v) is 8.18. The van der Waals surface area contributed by atoms with E-state index in [1.807, 2.05) is 43.7 Å². The minimum atomic E-state index is 0.655. The van der Waals surface area contributed by atoms with Crippen LogP contribution in [-0.4, -0.2) is 47.7 Å². The molecular weight excluding hydrogens is 412 g/mol. The highest BCUT2D eigenvalue weighted by molar-refractivity contribution is 6.33. The first-order valence-corrected chi connectivity index (χ1v) is 10.8. The monoisotopic (exact) mass is 436 g/mol. The maximum Gasteiger partial charge on any atom is 0.157 e. The van der Waals surface area contributed by atoms with Gasteiger partial charge in [0.05, 0.1) is 47.1 Å². The van der Waals surface area contributed by atoms with Crippen molar-refractivity contribution in [1.29, 1.82) is 0 Å². The summed E-state index contributed by atoms with van der Waals surface area (Å²) in [5.74, 6) is 1.52. The maximum atomic E-state index is 6.45. The largest absolute Gasteiger partial charge is 0.495 e. The molecule has 0 radical (unpaired) electrons. The van der Waals surface area contributed by atoms with E-state index >= 15 is 0 Å². The molecule has 1 aliphatic heterocycles. The number of nitrogens with one attached hydrogen (secondary N) is 2. The number of rotatable bonds is 4. The highest BCUT2D eigenvalue weighted by atomic mass is 35.5. The number of aryl methyl sites for hydroxylation is 1. The fourth-order valence-corrected chi connectivity index (χ4v) is 4.44. The number of ether oxygens (including phenoxy) is 1. The van der Waals surface area contributed by atoms with Crippen molar-refractivity contribution < 1.29 is 4.74 Å². The lowest BCUT2D eigenvalue weighted by molar-refractivity contribution is 0.415. The molecule has 160 valence electrons. The van der Waals surface area contributed by atoms with Gasteiger partial charge in [-0.2, -0.15) is 0 Å². The number of fused-ring (bicyclic) bond motifs is 3. The Kier molecular flexibility index (Phi) is 5.29. The molecule has 2 aromatic carbocycles. The Morgan fingerprint density at radius 1 is 1.16 bits per heavy atom. The highest BCUT2D eigenvalue weighted by Gasteiger charge is 2.18. The molecule has 7 nitrogen and oxygen atoms in total. The summed E-state index contributed by atoms with van der Waals surface area (Å²) in [6, 6.07) is 10.00. The second kappa shape index (κ2) is 8.24. The molecule has 1 fully saturated rings. The van der Waals surface area contributed by atoms with Crippen LogP contribution in [0.15, 0.2) is 42.9 Å². The van der Waals surface area contributed by atoms with E-state index in [0.717, 1.165) is 71.8 Å². The number of anilines is 3. The molecule has 1 saturated heterocycles. The zero-order chi connectivity index (χ0) is 21.4. The Hall–Kier alpha value is -3.03. The van der Waals surface area contributed by atoms with Crippen LogP contribution < -0.4 is 20.3 Å². The smallest absolute Gasteiger partial charge is 0.157 e. The van der Waals surface area contributed by atoms with E-state index in [1.165, 1.54) is 0 Å². The number of halogens is 1. The summed E-state index contributed by atoms with van der Waals surface area (Å²) in [5.41, 5.74) is 5.68. The molecule has 1 aliphatic rings. The molecule has 0 bridgehead atoms. The van der Waals surface area contributed by atoms with Crippen molar-refractivity contribution in [3.05, 3.63) is 53.4 Å². The Bertz CT molecular complexity index is 1230. The van der Waals surface area contributed by atoms with Crippen LogP contribution in [0.5, 0.6) is 5.75 Å². The lowest BCUT2D eigenvalue weighted by Crippen LogP contribution is -2.28. The third kappa shape index (κ3) is 3.64. The van der Waals surface area contributed by atoms with E-state index in [1.54, 1.807) is 7.11 Å². The summed E-state index contributed by atoms with van der Waals surface area (Å²) in [7, 11) is 1.71. The molecule has 8 heteroatoms. The van der Waals surface area contributed by atoms with E-state index in [9.17, 15) is 0 Å². The SMILES string of the molecule is COc1cc2nc(Nc3c(C)cccc3Cl)c3cncn3c2cc1N1CCCNCC1. The van der Waals surface area contributed by atoms with E-state index in [2.05, 4.69) is 31.0 Å². The second-order valence-electron chi connectivity index (χ2n) is 7.77. The lowest BCUT2D eigenvalue weighted by Gasteiger charge is -2.25. The van der Waals surface area contributed by atoms with Gasteiger partial charge in [0.15, 0.2) is 5.82 Å². The molecule has 31 heavy (non-hydrogen) atoms. The predicted molar refractivity (Wildman–Crippen MR) is 126 cm³/mol. The van der Waals surface area contributed by atoms with Gasteiger partial charge in [-0.05, 0) is 37.6 Å². The average molecular weight is 437 g/mol. The molecular formula is C23H25ClN6O. The van der Waals surface area contributed by atoms with E-state index in [4.69, 9.17) is 21.3 Å². The number of hydrogen-bond acceptors (Lipinski definition) is 6. The van der Waals surface area contributed by atoms with Crippen molar-refractivity contribution in [3.63, 3.8) is 0 Å². The normalized spacial score (nSPS) is 14.7. The van der Waals surface area contributed by atoms with Crippen molar-refractivity contribution in [3.8, 4) is 5.75 Å². The minimum Gasteiger partial charge on any atom is -0.495 e. The quantitative estimate of drug-likeness (QED) is 0.494. The first-order valence-electron chi connectivity index (χ1n) is 10.5. The van der Waals surface area contributed by atoms with Crippen molar-refractivity contribution in [2.24, 2.45) is 0 Å². The van der Waals surface area contributed by atoms with Gasteiger partial charge in [-0.15, -0.1) is 0 Å². The Balaban J connectivity index is 1.66. The molecule has 2 aromatic heterocycles. The van der Waals surface area contributed by atoms with Gasteiger partial charge in [-0.3, -0.25) is 4.40 Å². The third-order valence-corrected chi connectivity index (χ3v) is 6.11. The van der Waals surface area contributed by atoms with Crippen LogP contribution in [0.4, 0.5) is 17.2 Å². The minimum absolute atomic E-state index is 0.655. The van der Waals surface area contributed by atoms with Crippen LogP contribution in [0.1, 0.15) is 12.0 Å². The van der Waals surface area contributed by atoms with Gasteiger partial charge < -0.3 is 20.3 Å². The van der Waals surface area contributed by atoms with Gasteiger partial charge in [0, 0.05) is 25.7 Å². The van der Waals surface area contributed by atoms with Gasteiger partial charge in [-0.1, -0.05) is 23.7 Å². The van der Waals surface area contributed by atoms with Gasteiger partial charge in [0.2, 0.25) is 0 Å². The van der Waals surface area contributed by atoms with Crippen LogP contribution in [0.3, 0.4) is 0 Å². The molecule has 0 atom stereocenters. The molecule has 4 aromatic rings. The maximum absolute atomic E-state index is 6.45. The fraction of sp³-hybridized carbons (Fsp3) is 0.304. The van der Waals surface area contributed by atoms with Crippen LogP contribution in [-0.2, 0) is 0 Å². The van der Waals surface area contributed by atoms with Crippen molar-refractivity contribution >= 4 is 45.3 Å². The Morgan fingerprint density at radius 2 is 2.06 bits per heavy atom. The number of benzene rings is 2. The molecule has 0 amide bonds. The van der Waals surface area contributed by atoms with E-state index in [0.29, 0.717) is 10.8 Å². The summed E-state index contributed by atoms with van der Waals surface area (Å²) in [6.07, 6.45) is 4.74.